The van der Waals surface area contributed by atoms with E-state index in [0.717, 1.165) is 37.4 Å². The Labute approximate surface area is 137 Å². The molecule has 9 heteroatoms. The number of amides is 1. The highest BCUT2D eigenvalue weighted by molar-refractivity contribution is 5.87. The number of piperidine rings is 1. The number of rotatable bonds is 4. The molecule has 1 atom stereocenters. The van der Waals surface area contributed by atoms with E-state index in [-0.39, 0.29) is 5.89 Å². The van der Waals surface area contributed by atoms with Crippen LogP contribution in [0.3, 0.4) is 0 Å². The lowest BCUT2D eigenvalue weighted by molar-refractivity contribution is 0.0958. The highest BCUT2D eigenvalue weighted by Crippen LogP contribution is 2.26. The summed E-state index contributed by atoms with van der Waals surface area (Å²) in [6, 6.07) is 5.88. The second-order valence-corrected chi connectivity index (χ2v) is 5.94. The standard InChI is InChI=1S/C15H17N7O2/c16-13(23)15-17-11(20-24-15)9-21-6-3-4-10(8-21)14-19-18-12-5-1-2-7-22(12)14/h1-2,5,7,10H,3-4,6,8-9H2,(H2,16,23)/t10-/m1/s1. The molecule has 0 saturated carbocycles. The van der Waals surface area contributed by atoms with Gasteiger partial charge < -0.3 is 10.3 Å². The van der Waals surface area contributed by atoms with E-state index >= 15 is 0 Å². The van der Waals surface area contributed by atoms with Crippen molar-refractivity contribution in [1.29, 1.82) is 0 Å². The number of hydrogen-bond acceptors (Lipinski definition) is 7. The minimum atomic E-state index is -0.708. The summed E-state index contributed by atoms with van der Waals surface area (Å²) in [6.07, 6.45) is 4.10. The van der Waals surface area contributed by atoms with Gasteiger partial charge in [-0.3, -0.25) is 14.1 Å². The first-order chi connectivity index (χ1) is 11.7. The first-order valence-corrected chi connectivity index (χ1v) is 7.85. The van der Waals surface area contributed by atoms with E-state index in [0.29, 0.717) is 18.3 Å². The molecule has 4 heterocycles. The summed E-state index contributed by atoms with van der Waals surface area (Å²) in [7, 11) is 0. The minimum absolute atomic E-state index is 0.151. The fourth-order valence-electron chi connectivity index (χ4n) is 3.17. The number of aromatic nitrogens is 5. The number of likely N-dealkylation sites (tertiary alicyclic amines) is 1. The maximum absolute atomic E-state index is 11.0. The molecule has 24 heavy (non-hydrogen) atoms. The van der Waals surface area contributed by atoms with E-state index in [4.69, 9.17) is 10.3 Å². The van der Waals surface area contributed by atoms with Crippen LogP contribution in [0.2, 0.25) is 0 Å². The van der Waals surface area contributed by atoms with Crippen molar-refractivity contribution < 1.29 is 9.32 Å². The number of nitrogens with two attached hydrogens (primary N) is 1. The summed E-state index contributed by atoms with van der Waals surface area (Å²) < 4.78 is 6.87. The summed E-state index contributed by atoms with van der Waals surface area (Å²) in [6.45, 7) is 2.29. The molecule has 0 bridgehead atoms. The zero-order chi connectivity index (χ0) is 16.5. The van der Waals surface area contributed by atoms with Gasteiger partial charge in [0.1, 0.15) is 5.82 Å². The van der Waals surface area contributed by atoms with Gasteiger partial charge >= 0.3 is 11.8 Å². The summed E-state index contributed by atoms with van der Waals surface area (Å²) in [5.41, 5.74) is 5.99. The molecule has 0 aliphatic carbocycles. The quantitative estimate of drug-likeness (QED) is 0.745. The Balaban J connectivity index is 1.50. The van der Waals surface area contributed by atoms with Crippen molar-refractivity contribution in [3.05, 3.63) is 41.9 Å². The molecular weight excluding hydrogens is 310 g/mol. The van der Waals surface area contributed by atoms with Crippen molar-refractivity contribution in [2.75, 3.05) is 13.1 Å². The van der Waals surface area contributed by atoms with Gasteiger partial charge in [0.25, 0.3) is 0 Å². The first-order valence-electron chi connectivity index (χ1n) is 7.85. The molecule has 0 unspecified atom stereocenters. The molecule has 124 valence electrons. The number of fused-ring (bicyclic) bond motifs is 1. The van der Waals surface area contributed by atoms with E-state index in [1.165, 1.54) is 0 Å². The Hall–Kier alpha value is -2.81. The Bertz CT molecular complexity index is 871. The molecular formula is C15H17N7O2. The van der Waals surface area contributed by atoms with Gasteiger partial charge in [-0.1, -0.05) is 11.2 Å². The van der Waals surface area contributed by atoms with Gasteiger partial charge in [0.05, 0.1) is 6.54 Å². The second kappa shape index (κ2) is 6.00. The third-order valence-electron chi connectivity index (χ3n) is 4.25. The summed E-state index contributed by atoms with van der Waals surface area (Å²) >= 11 is 0. The Kier molecular flexibility index (Phi) is 3.69. The van der Waals surface area contributed by atoms with Gasteiger partial charge in [0, 0.05) is 18.7 Å². The van der Waals surface area contributed by atoms with Crippen LogP contribution in [0.5, 0.6) is 0 Å². The maximum atomic E-state index is 11.0. The molecule has 0 spiro atoms. The van der Waals surface area contributed by atoms with Crippen LogP contribution in [0.25, 0.3) is 5.65 Å². The number of nitrogens with zero attached hydrogens (tertiary/aromatic N) is 6. The van der Waals surface area contributed by atoms with E-state index in [2.05, 4.69) is 25.2 Å². The Morgan fingerprint density at radius 2 is 2.29 bits per heavy atom. The number of pyridine rings is 1. The normalized spacial score (nSPS) is 18.9. The van der Waals surface area contributed by atoms with Crippen LogP contribution in [-0.2, 0) is 6.54 Å². The predicted octanol–water partition coefficient (Wildman–Crippen LogP) is 0.591. The van der Waals surface area contributed by atoms with Crippen LogP contribution in [0.4, 0.5) is 0 Å². The van der Waals surface area contributed by atoms with Crippen LogP contribution < -0.4 is 5.73 Å². The Morgan fingerprint density at radius 1 is 1.38 bits per heavy atom. The number of hydrogen-bond donors (Lipinski definition) is 1. The van der Waals surface area contributed by atoms with Crippen LogP contribution >= 0.6 is 0 Å². The van der Waals surface area contributed by atoms with E-state index < -0.39 is 5.91 Å². The van der Waals surface area contributed by atoms with Crippen LogP contribution in [0.15, 0.2) is 28.9 Å². The molecule has 2 N–H and O–H groups in total. The lowest BCUT2D eigenvalue weighted by Crippen LogP contribution is -2.35. The number of carbonyl (C=O) groups excluding carboxylic acids is 1. The topological polar surface area (TPSA) is 115 Å². The van der Waals surface area contributed by atoms with Crippen molar-refractivity contribution in [2.24, 2.45) is 5.73 Å². The molecule has 1 aliphatic heterocycles. The maximum Gasteiger partial charge on any atom is 0.315 e. The molecule has 0 aromatic carbocycles. The molecule has 1 fully saturated rings. The van der Waals surface area contributed by atoms with Crippen molar-refractivity contribution in [3.8, 4) is 0 Å². The Morgan fingerprint density at radius 3 is 3.12 bits per heavy atom. The monoisotopic (exact) mass is 327 g/mol. The van der Waals surface area contributed by atoms with E-state index in [1.807, 2.05) is 28.8 Å². The van der Waals surface area contributed by atoms with Crippen molar-refractivity contribution >= 4 is 11.6 Å². The third-order valence-corrected chi connectivity index (χ3v) is 4.25. The smallest absolute Gasteiger partial charge is 0.315 e. The van der Waals surface area contributed by atoms with Crippen LogP contribution in [-0.4, -0.2) is 48.6 Å². The summed E-state index contributed by atoms with van der Waals surface area (Å²) in [5, 5.41) is 12.4. The predicted molar refractivity (Wildman–Crippen MR) is 83.1 cm³/mol. The van der Waals surface area contributed by atoms with Crippen molar-refractivity contribution in [2.45, 2.75) is 25.3 Å². The fourth-order valence-corrected chi connectivity index (χ4v) is 3.17. The van der Waals surface area contributed by atoms with Crippen molar-refractivity contribution in [3.63, 3.8) is 0 Å². The van der Waals surface area contributed by atoms with Gasteiger partial charge in [-0.2, -0.15) is 4.98 Å². The molecule has 3 aromatic rings. The van der Waals surface area contributed by atoms with Gasteiger partial charge in [0.15, 0.2) is 11.5 Å². The molecule has 0 radical (unpaired) electrons. The molecule has 1 amide bonds. The average Bonchev–Trinajstić information content (AvgIpc) is 3.22. The van der Waals surface area contributed by atoms with Gasteiger partial charge in [-0.15, -0.1) is 10.2 Å². The van der Waals surface area contributed by atoms with Crippen LogP contribution in [0.1, 0.15) is 41.1 Å². The SMILES string of the molecule is NC(=O)c1nc(CN2CCC[C@@H](c3nnc4ccccn34)C2)no1. The molecule has 1 saturated heterocycles. The van der Waals surface area contributed by atoms with E-state index in [1.54, 1.807) is 0 Å². The zero-order valence-electron chi connectivity index (χ0n) is 13.0. The highest BCUT2D eigenvalue weighted by atomic mass is 16.5. The summed E-state index contributed by atoms with van der Waals surface area (Å²) in [5.74, 6) is 0.873. The fraction of sp³-hybridized carbons (Fsp3) is 0.400. The van der Waals surface area contributed by atoms with Crippen LogP contribution in [0, 0.1) is 0 Å². The summed E-state index contributed by atoms with van der Waals surface area (Å²) in [4.78, 5) is 17.3. The van der Waals surface area contributed by atoms with Gasteiger partial charge in [-0.05, 0) is 31.5 Å². The molecule has 9 nitrogen and oxygen atoms in total. The zero-order valence-corrected chi connectivity index (χ0v) is 13.0. The largest absolute Gasteiger partial charge is 0.361 e. The second-order valence-electron chi connectivity index (χ2n) is 5.94. The number of carbonyl (C=O) groups is 1. The first kappa shape index (κ1) is 14.8. The minimum Gasteiger partial charge on any atom is -0.361 e. The molecule has 1 aliphatic rings. The average molecular weight is 327 g/mol. The van der Waals surface area contributed by atoms with Crippen molar-refractivity contribution in [1.82, 2.24) is 29.6 Å². The lowest BCUT2D eigenvalue weighted by Gasteiger charge is -2.30. The third kappa shape index (κ3) is 2.73. The lowest BCUT2D eigenvalue weighted by atomic mass is 9.97. The van der Waals surface area contributed by atoms with Gasteiger partial charge in [0.2, 0.25) is 0 Å². The van der Waals surface area contributed by atoms with E-state index in [9.17, 15) is 4.79 Å². The molecule has 4 rings (SSSR count). The molecule has 3 aromatic heterocycles. The number of primary amides is 1. The highest BCUT2D eigenvalue weighted by Gasteiger charge is 2.26. The van der Waals surface area contributed by atoms with Gasteiger partial charge in [-0.25, -0.2) is 0 Å².